The van der Waals surface area contributed by atoms with Gasteiger partial charge in [0.1, 0.15) is 0 Å². The average Bonchev–Trinajstić information content (AvgIpc) is 3.48. The van der Waals surface area contributed by atoms with Crippen LogP contribution in [0, 0.1) is 0 Å². The molecule has 0 bridgehead atoms. The first-order valence-corrected chi connectivity index (χ1v) is 36.3. The van der Waals surface area contributed by atoms with Crippen molar-refractivity contribution in [2.45, 2.75) is 380 Å². The number of unbranched alkanes of at least 4 members (excludes halogenated alkanes) is 41. The number of benzene rings is 2. The van der Waals surface area contributed by atoms with Crippen LogP contribution in [0.25, 0.3) is 11.1 Å². The first-order chi connectivity index (χ1) is 38.6. The molecule has 0 aromatic heterocycles. The Labute approximate surface area is 495 Å². The molecule has 0 atom stereocenters. The Morgan fingerprint density at radius 3 is 0.897 bits per heavy atom. The van der Waals surface area contributed by atoms with Gasteiger partial charge in [0.15, 0.2) is 0 Å². The number of allylic oxidation sites excluding steroid dienone is 2. The summed E-state index contributed by atoms with van der Waals surface area (Å²) < 4.78 is 0. The second-order valence-corrected chi connectivity index (χ2v) is 25.4. The van der Waals surface area contributed by atoms with E-state index < -0.39 is 0 Å². The van der Waals surface area contributed by atoms with Crippen LogP contribution in [-0.4, -0.2) is 10.7 Å². The van der Waals surface area contributed by atoms with Crippen LogP contribution in [0.4, 0.5) is 0 Å². The molecule has 0 aliphatic carbocycles. The van der Waals surface area contributed by atoms with Gasteiger partial charge in [0.05, 0.1) is 5.57 Å². The van der Waals surface area contributed by atoms with E-state index in [2.05, 4.69) is 101 Å². The molecule has 0 unspecified atom stereocenters. The standard InChI is InChI=1S/C33H46N2.2C21H43.Ni/c1-5-9-12-13-16-28-20-24-30(25-21-28)33(29-22-18-27(19-23-29)15-10-6-2)32(17-11-7-3)31(14-8-4)26-35-34;2*1-3-5-7-9-11-13-15-17-19-21-20-18-16-14-12-10-8-6-4-2;/h18-25H,5-17H2,1-4H3;2*1,3-21H2,2H3;. The van der Waals surface area contributed by atoms with Crippen LogP contribution in [0.3, 0.4) is 0 Å². The Bertz CT molecular complexity index is 1620. The summed E-state index contributed by atoms with van der Waals surface area (Å²) in [5.74, 6) is 2.94. The van der Waals surface area contributed by atoms with Crippen LogP contribution < -0.4 is 0 Å². The second kappa shape index (κ2) is 59.5. The van der Waals surface area contributed by atoms with Crippen molar-refractivity contribution < 1.29 is 19.2 Å². The average molecular weight is 1120 g/mol. The van der Waals surface area contributed by atoms with Gasteiger partial charge in [0.2, 0.25) is 0 Å². The Hall–Kier alpha value is -2.17. The predicted molar refractivity (Wildman–Crippen MR) is 348 cm³/mol. The van der Waals surface area contributed by atoms with Crippen molar-refractivity contribution in [2.24, 2.45) is 0 Å². The summed E-state index contributed by atoms with van der Waals surface area (Å²) in [6, 6.07) is 18.3. The zero-order valence-electron chi connectivity index (χ0n) is 53.3. The molecule has 0 spiro atoms. The van der Waals surface area contributed by atoms with Gasteiger partial charge in [0, 0.05) is 0 Å². The summed E-state index contributed by atoms with van der Waals surface area (Å²) in [5, 5.41) is 2.87. The van der Waals surface area contributed by atoms with Crippen molar-refractivity contribution in [3.8, 4) is 0 Å². The molecule has 0 aliphatic rings. The Balaban J connectivity index is 0.000000795. The number of aryl methyl sites for hydroxylation is 2. The fraction of sp³-hybridized carbons (Fsp3) is 0.787. The van der Waals surface area contributed by atoms with Gasteiger partial charge in [-0.15, -0.1) is 4.79 Å². The smallest absolute Gasteiger partial charge is 0.348 e. The van der Waals surface area contributed by atoms with Gasteiger partial charge in [0.25, 0.3) is 0 Å². The van der Waals surface area contributed by atoms with E-state index in [1.807, 2.05) is 14.4 Å². The molecule has 2 aromatic carbocycles. The van der Waals surface area contributed by atoms with Crippen LogP contribution in [-0.2, 0) is 27.3 Å². The van der Waals surface area contributed by atoms with Gasteiger partial charge in [-0.3, -0.25) is 0 Å². The number of hydrogen-bond donors (Lipinski definition) is 0. The first kappa shape index (κ1) is 73.8. The molecule has 0 fully saturated rings. The zero-order chi connectivity index (χ0) is 56.3. The summed E-state index contributed by atoms with van der Waals surface area (Å²) in [7, 11) is 0. The molecule has 0 radical (unpaired) electrons. The van der Waals surface area contributed by atoms with E-state index in [1.54, 1.807) is 0 Å². The van der Waals surface area contributed by atoms with E-state index in [0.717, 1.165) is 50.5 Å². The molecule has 0 heterocycles. The molecule has 0 saturated carbocycles. The molecule has 0 aliphatic heterocycles. The van der Waals surface area contributed by atoms with E-state index in [9.17, 15) is 5.53 Å². The number of nitrogens with zero attached hydrogens (tertiary/aromatic N) is 2. The van der Waals surface area contributed by atoms with Crippen LogP contribution in [0.5, 0.6) is 0 Å². The Morgan fingerprint density at radius 2 is 0.603 bits per heavy atom. The van der Waals surface area contributed by atoms with E-state index in [0.29, 0.717) is 0 Å². The van der Waals surface area contributed by atoms with E-state index >= 15 is 0 Å². The third kappa shape index (κ3) is 44.5. The van der Waals surface area contributed by atoms with Crippen LogP contribution >= 0.6 is 0 Å². The van der Waals surface area contributed by atoms with Gasteiger partial charge in [-0.2, -0.15) is 0 Å². The van der Waals surface area contributed by atoms with Crippen molar-refractivity contribution >= 4 is 11.4 Å². The zero-order valence-corrected chi connectivity index (χ0v) is 54.3. The van der Waals surface area contributed by atoms with Crippen LogP contribution in [0.15, 0.2) is 59.7 Å². The quantitative estimate of drug-likeness (QED) is 0.0158. The molecule has 2 rings (SSSR count). The second-order valence-electron chi connectivity index (χ2n) is 23.9. The van der Waals surface area contributed by atoms with E-state index in [-0.39, 0.29) is 0 Å². The molecule has 78 heavy (non-hydrogen) atoms. The molecule has 2 aromatic rings. The summed E-state index contributed by atoms with van der Waals surface area (Å²) in [6.45, 7) is 13.5. The monoisotopic (exact) mass is 1120 g/mol. The first-order valence-electron chi connectivity index (χ1n) is 34.9. The SMILES string of the molecule is CCCCCCCCCCCCCCCCCCCC[CH2][Ni][CH2]CCCCCCCCCCCCCCCCCCCC.CCCCCCc1ccc(C(=C(CCCC)C(=C=[N+]=[N-])CCC)c2ccc(CCCC)cc2)cc1. The number of hydrogen-bond acceptors (Lipinski definition) is 0. The molecular formula is C75H132N2Ni. The topological polar surface area (TPSA) is 36.4 Å². The summed E-state index contributed by atoms with van der Waals surface area (Å²) in [5.41, 5.74) is 18.2. The normalized spacial score (nSPS) is 11.6. The third-order valence-corrected chi connectivity index (χ3v) is 17.8. The minimum absolute atomic E-state index is 0.858. The molecule has 3 heteroatoms. The Morgan fingerprint density at radius 1 is 0.321 bits per heavy atom. The van der Waals surface area contributed by atoms with Crippen molar-refractivity contribution in [1.82, 2.24) is 0 Å². The summed E-state index contributed by atoms with van der Waals surface area (Å²) >= 11 is 2.05. The van der Waals surface area contributed by atoms with Gasteiger partial charge < -0.3 is 5.53 Å². The van der Waals surface area contributed by atoms with Crippen molar-refractivity contribution in [1.29, 1.82) is 0 Å². The Kier molecular flexibility index (Phi) is 56.3. The van der Waals surface area contributed by atoms with Crippen molar-refractivity contribution in [3.05, 3.63) is 87.5 Å². The minimum atomic E-state index is 0.858. The fourth-order valence-corrected chi connectivity index (χ4v) is 12.5. The molecule has 452 valence electrons. The molecule has 0 saturated heterocycles. The van der Waals surface area contributed by atoms with Gasteiger partial charge >= 0.3 is 172 Å². The van der Waals surface area contributed by atoms with Crippen LogP contribution in [0.2, 0.25) is 10.8 Å². The maximum atomic E-state index is 9.41. The molecular weight excluding hydrogens is 988 g/mol. The van der Waals surface area contributed by atoms with Gasteiger partial charge in [-0.05, 0) is 78.3 Å². The summed E-state index contributed by atoms with van der Waals surface area (Å²) in [4.78, 5) is 3.34. The molecule has 0 amide bonds. The van der Waals surface area contributed by atoms with Crippen LogP contribution in [0.1, 0.15) is 378 Å². The van der Waals surface area contributed by atoms with Gasteiger partial charge in [-0.25, -0.2) is 0 Å². The maximum absolute atomic E-state index is 9.41. The molecule has 0 N–H and O–H groups in total. The van der Waals surface area contributed by atoms with Gasteiger partial charge in [-0.1, -0.05) is 231 Å². The predicted octanol–water partition coefficient (Wildman–Crippen LogP) is 26.5. The molecule has 2 nitrogen and oxygen atoms in total. The van der Waals surface area contributed by atoms with E-state index in [4.69, 9.17) is 0 Å². The van der Waals surface area contributed by atoms with Crippen molar-refractivity contribution in [3.63, 3.8) is 0 Å². The third-order valence-electron chi connectivity index (χ3n) is 16.4. The minimum Gasteiger partial charge on any atom is -0.348 e. The fourth-order valence-electron chi connectivity index (χ4n) is 11.2. The number of rotatable bonds is 56. The van der Waals surface area contributed by atoms with E-state index in [1.165, 1.54) is 327 Å². The summed E-state index contributed by atoms with van der Waals surface area (Å²) in [6.07, 6.45) is 71.1. The van der Waals surface area contributed by atoms with Crippen molar-refractivity contribution in [2.75, 3.05) is 0 Å².